The number of nitrogens with zero attached hydrogens (tertiary/aromatic N) is 2. The summed E-state index contributed by atoms with van der Waals surface area (Å²) < 4.78 is 0. The Balaban J connectivity index is 2.56. The number of benzene rings is 1. The summed E-state index contributed by atoms with van der Waals surface area (Å²) in [5.74, 6) is 0.114. The van der Waals surface area contributed by atoms with E-state index in [1.165, 1.54) is 0 Å². The highest BCUT2D eigenvalue weighted by Gasteiger charge is 2.06. The Morgan fingerprint density at radius 3 is 2.40 bits per heavy atom. The number of carbonyl (C=O) groups is 1. The first-order chi connectivity index (χ1) is 7.16. The van der Waals surface area contributed by atoms with Gasteiger partial charge in [0.2, 0.25) is 0 Å². The Morgan fingerprint density at radius 2 is 1.80 bits per heavy atom. The summed E-state index contributed by atoms with van der Waals surface area (Å²) in [5, 5.41) is 0. The molecule has 0 spiro atoms. The van der Waals surface area contributed by atoms with Crippen molar-refractivity contribution >= 4 is 16.8 Å². The van der Waals surface area contributed by atoms with Crippen LogP contribution in [0.1, 0.15) is 18.3 Å². The molecule has 2 aromatic rings. The topological polar surface area (TPSA) is 42.9 Å². The molecule has 0 aliphatic carbocycles. The van der Waals surface area contributed by atoms with Crippen LogP contribution in [0.15, 0.2) is 24.3 Å². The number of carbonyl (C=O) groups excluding carboxylic acids is 1. The van der Waals surface area contributed by atoms with Crippen LogP contribution < -0.4 is 0 Å². The third-order valence-electron chi connectivity index (χ3n) is 2.26. The van der Waals surface area contributed by atoms with Crippen molar-refractivity contribution in [2.24, 2.45) is 0 Å². The van der Waals surface area contributed by atoms with E-state index >= 15 is 0 Å². The van der Waals surface area contributed by atoms with E-state index in [4.69, 9.17) is 0 Å². The highest BCUT2D eigenvalue weighted by molar-refractivity contribution is 5.79. The number of para-hydroxylation sites is 2. The lowest BCUT2D eigenvalue weighted by Gasteiger charge is -2.04. The van der Waals surface area contributed by atoms with E-state index in [1.54, 1.807) is 6.92 Å². The van der Waals surface area contributed by atoms with Crippen molar-refractivity contribution in [3.8, 4) is 0 Å². The minimum atomic E-state index is 0.114. The molecule has 76 valence electrons. The molecule has 0 atom stereocenters. The fraction of sp³-hybridized carbons (Fsp3) is 0.250. The molecule has 0 fully saturated rings. The van der Waals surface area contributed by atoms with E-state index in [2.05, 4.69) is 9.97 Å². The van der Waals surface area contributed by atoms with E-state index in [-0.39, 0.29) is 5.78 Å². The maximum absolute atomic E-state index is 11.0. The molecule has 15 heavy (non-hydrogen) atoms. The van der Waals surface area contributed by atoms with Gasteiger partial charge in [0.15, 0.2) is 0 Å². The first kappa shape index (κ1) is 9.77. The zero-order valence-corrected chi connectivity index (χ0v) is 8.82. The van der Waals surface area contributed by atoms with Crippen molar-refractivity contribution in [1.29, 1.82) is 0 Å². The molecule has 3 nitrogen and oxygen atoms in total. The van der Waals surface area contributed by atoms with Gasteiger partial charge in [-0.25, -0.2) is 9.97 Å². The average Bonchev–Trinajstić information content (AvgIpc) is 2.18. The first-order valence-electron chi connectivity index (χ1n) is 4.88. The van der Waals surface area contributed by atoms with Crippen LogP contribution in [0.2, 0.25) is 0 Å². The summed E-state index contributed by atoms with van der Waals surface area (Å²) in [4.78, 5) is 19.9. The van der Waals surface area contributed by atoms with E-state index in [9.17, 15) is 4.79 Å². The van der Waals surface area contributed by atoms with Crippen molar-refractivity contribution in [2.75, 3.05) is 0 Å². The lowest BCUT2D eigenvalue weighted by atomic mass is 10.2. The van der Waals surface area contributed by atoms with E-state index in [0.29, 0.717) is 6.42 Å². The lowest BCUT2D eigenvalue weighted by Crippen LogP contribution is -2.04. The number of rotatable bonds is 2. The second-order valence-corrected chi connectivity index (χ2v) is 3.62. The van der Waals surface area contributed by atoms with Gasteiger partial charge in [-0.05, 0) is 26.0 Å². The quantitative estimate of drug-likeness (QED) is 0.745. The van der Waals surface area contributed by atoms with Gasteiger partial charge in [-0.3, -0.25) is 4.79 Å². The maximum Gasteiger partial charge on any atom is 0.135 e. The van der Waals surface area contributed by atoms with E-state index in [1.807, 2.05) is 31.2 Å². The van der Waals surface area contributed by atoms with Gasteiger partial charge in [0, 0.05) is 0 Å². The zero-order chi connectivity index (χ0) is 10.8. The Morgan fingerprint density at radius 1 is 1.20 bits per heavy atom. The molecule has 0 bridgehead atoms. The lowest BCUT2D eigenvalue weighted by molar-refractivity contribution is -0.116. The van der Waals surface area contributed by atoms with Crippen LogP contribution in [-0.4, -0.2) is 15.8 Å². The van der Waals surface area contributed by atoms with Gasteiger partial charge in [0.05, 0.1) is 28.8 Å². The van der Waals surface area contributed by atoms with Crippen molar-refractivity contribution in [1.82, 2.24) is 9.97 Å². The number of hydrogen-bond acceptors (Lipinski definition) is 3. The molecule has 0 N–H and O–H groups in total. The Hall–Kier alpha value is -1.77. The Labute approximate surface area is 88.2 Å². The minimum absolute atomic E-state index is 0.114. The standard InChI is InChI=1S/C12H12N2O/c1-8(15)7-12-9(2)13-10-5-3-4-6-11(10)14-12/h3-6H,7H2,1-2H3. The fourth-order valence-corrected chi connectivity index (χ4v) is 1.53. The number of Topliss-reactive ketones (excluding diaryl/α,β-unsaturated/α-hetero) is 1. The SMILES string of the molecule is CC(=O)Cc1nc2ccccc2nc1C. The second-order valence-electron chi connectivity index (χ2n) is 3.62. The highest BCUT2D eigenvalue weighted by Crippen LogP contribution is 2.12. The number of aromatic nitrogens is 2. The van der Waals surface area contributed by atoms with Crippen LogP contribution >= 0.6 is 0 Å². The Bertz CT molecular complexity index is 520. The molecule has 0 saturated heterocycles. The van der Waals surface area contributed by atoms with Crippen LogP contribution in [0.4, 0.5) is 0 Å². The molecular weight excluding hydrogens is 188 g/mol. The zero-order valence-electron chi connectivity index (χ0n) is 8.82. The van der Waals surface area contributed by atoms with Crippen molar-refractivity contribution in [3.05, 3.63) is 35.7 Å². The van der Waals surface area contributed by atoms with Crippen LogP contribution in [0.5, 0.6) is 0 Å². The van der Waals surface area contributed by atoms with Crippen LogP contribution in [-0.2, 0) is 11.2 Å². The molecule has 0 radical (unpaired) electrons. The monoisotopic (exact) mass is 200 g/mol. The molecule has 0 saturated carbocycles. The summed E-state index contributed by atoms with van der Waals surface area (Å²) in [6.07, 6.45) is 0.365. The van der Waals surface area contributed by atoms with Crippen LogP contribution in [0.3, 0.4) is 0 Å². The van der Waals surface area contributed by atoms with Gasteiger partial charge >= 0.3 is 0 Å². The molecular formula is C12H12N2O. The largest absolute Gasteiger partial charge is 0.300 e. The third kappa shape index (κ3) is 2.01. The summed E-state index contributed by atoms with van der Waals surface area (Å²) in [6, 6.07) is 7.68. The number of ketones is 1. The van der Waals surface area contributed by atoms with Crippen molar-refractivity contribution in [2.45, 2.75) is 20.3 Å². The average molecular weight is 200 g/mol. The van der Waals surface area contributed by atoms with Gasteiger partial charge in [-0.2, -0.15) is 0 Å². The van der Waals surface area contributed by atoms with Crippen molar-refractivity contribution < 1.29 is 4.79 Å². The third-order valence-corrected chi connectivity index (χ3v) is 2.26. The summed E-state index contributed by atoms with van der Waals surface area (Å²) in [7, 11) is 0. The highest BCUT2D eigenvalue weighted by atomic mass is 16.1. The molecule has 3 heteroatoms. The first-order valence-corrected chi connectivity index (χ1v) is 4.88. The minimum Gasteiger partial charge on any atom is -0.300 e. The summed E-state index contributed by atoms with van der Waals surface area (Å²) >= 11 is 0. The van der Waals surface area contributed by atoms with Crippen LogP contribution in [0.25, 0.3) is 11.0 Å². The predicted molar refractivity (Wildman–Crippen MR) is 58.7 cm³/mol. The molecule has 1 heterocycles. The summed E-state index contributed by atoms with van der Waals surface area (Å²) in [5.41, 5.74) is 3.34. The van der Waals surface area contributed by atoms with Crippen molar-refractivity contribution in [3.63, 3.8) is 0 Å². The van der Waals surface area contributed by atoms with Gasteiger partial charge in [0.1, 0.15) is 5.78 Å². The number of aryl methyl sites for hydroxylation is 1. The molecule has 0 amide bonds. The number of fused-ring (bicyclic) bond motifs is 1. The molecule has 0 unspecified atom stereocenters. The molecule has 1 aromatic heterocycles. The fourth-order valence-electron chi connectivity index (χ4n) is 1.53. The molecule has 0 aliphatic rings. The van der Waals surface area contributed by atoms with E-state index < -0.39 is 0 Å². The molecule has 2 rings (SSSR count). The predicted octanol–water partition coefficient (Wildman–Crippen LogP) is 2.07. The number of hydrogen-bond donors (Lipinski definition) is 0. The van der Waals surface area contributed by atoms with Gasteiger partial charge < -0.3 is 0 Å². The summed E-state index contributed by atoms with van der Waals surface area (Å²) in [6.45, 7) is 3.45. The van der Waals surface area contributed by atoms with Crippen LogP contribution in [0, 0.1) is 6.92 Å². The maximum atomic E-state index is 11.0. The normalized spacial score (nSPS) is 10.5. The van der Waals surface area contributed by atoms with Gasteiger partial charge in [-0.1, -0.05) is 12.1 Å². The second kappa shape index (κ2) is 3.77. The van der Waals surface area contributed by atoms with E-state index in [0.717, 1.165) is 22.4 Å². The molecule has 1 aromatic carbocycles. The smallest absolute Gasteiger partial charge is 0.135 e. The molecule has 0 aliphatic heterocycles. The van der Waals surface area contributed by atoms with Gasteiger partial charge in [-0.15, -0.1) is 0 Å². The van der Waals surface area contributed by atoms with Gasteiger partial charge in [0.25, 0.3) is 0 Å². The Kier molecular flexibility index (Phi) is 2.46.